The molecule has 0 amide bonds. The zero-order valence-electron chi connectivity index (χ0n) is 36.3. The normalized spacial score (nSPS) is 12.0. The summed E-state index contributed by atoms with van der Waals surface area (Å²) in [7, 11) is 0. The van der Waals surface area contributed by atoms with Crippen molar-refractivity contribution in [3.8, 4) is 66.8 Å². The van der Waals surface area contributed by atoms with Crippen molar-refractivity contribution >= 4 is 27.8 Å². The maximum absolute atomic E-state index is 9.54. The third-order valence-corrected chi connectivity index (χ3v) is 11.0. The van der Waals surface area contributed by atoms with Crippen molar-refractivity contribution in [1.29, 1.82) is 0 Å². The zero-order chi connectivity index (χ0) is 42.9. The summed E-state index contributed by atoms with van der Waals surface area (Å²) in [6.07, 6.45) is 0. The van der Waals surface area contributed by atoms with Gasteiger partial charge in [-0.3, -0.25) is 0 Å². The number of nitrogens with zero attached hydrogens (tertiary/aromatic N) is 1. The van der Waals surface area contributed by atoms with Crippen LogP contribution < -0.4 is 4.90 Å². The van der Waals surface area contributed by atoms with E-state index in [-0.39, 0.29) is 35.4 Å². The van der Waals surface area contributed by atoms with Crippen LogP contribution in [-0.4, -0.2) is 0 Å². The predicted octanol–water partition coefficient (Wildman–Crippen LogP) is 16.3. The second kappa shape index (κ2) is 16.0. The molecule has 1 nitrogen and oxygen atoms in total. The number of rotatable bonds is 9. The third-order valence-electron chi connectivity index (χ3n) is 11.0. The Bertz CT molecular complexity index is 3180. The van der Waals surface area contributed by atoms with Crippen molar-refractivity contribution < 1.29 is 5.48 Å². The molecule has 0 radical (unpaired) electrons. The lowest BCUT2D eigenvalue weighted by atomic mass is 9.90. The molecule has 0 atom stereocenters. The highest BCUT2D eigenvalue weighted by Gasteiger charge is 2.16. The summed E-state index contributed by atoms with van der Waals surface area (Å²) < 4.78 is 37.8. The van der Waals surface area contributed by atoms with Gasteiger partial charge in [-0.15, -0.1) is 0 Å². The number of hydrogen-bond acceptors (Lipinski definition) is 1. The summed E-state index contributed by atoms with van der Waals surface area (Å²) in [5.74, 6) is 0. The number of hydrogen-bond donors (Lipinski definition) is 0. The maximum atomic E-state index is 9.54. The van der Waals surface area contributed by atoms with E-state index in [2.05, 4.69) is 121 Å². The Morgan fingerprint density at radius 3 is 1.12 bits per heavy atom. The average molecular weight is 756 g/mol. The lowest BCUT2D eigenvalue weighted by molar-refractivity contribution is 1.28. The second-order valence-electron chi connectivity index (χ2n) is 14.6. The van der Waals surface area contributed by atoms with Crippen LogP contribution in [0.4, 0.5) is 17.1 Å². The minimum absolute atomic E-state index is 0.0983. The van der Waals surface area contributed by atoms with Crippen molar-refractivity contribution in [3.63, 3.8) is 0 Å². The fraction of sp³-hybridized carbons (Fsp3) is 0. The highest BCUT2D eigenvalue weighted by Crippen LogP contribution is 2.41. The Morgan fingerprint density at radius 2 is 0.627 bits per heavy atom. The first kappa shape index (κ1) is 31.4. The quantitative estimate of drug-likeness (QED) is 0.142. The number of fused-ring (bicyclic) bond motifs is 1. The van der Waals surface area contributed by atoms with E-state index in [0.29, 0.717) is 16.9 Å². The van der Waals surface area contributed by atoms with Gasteiger partial charge in [-0.2, -0.15) is 0 Å². The molecule has 0 N–H and O–H groups in total. The van der Waals surface area contributed by atoms with Gasteiger partial charge < -0.3 is 4.90 Å². The predicted molar refractivity (Wildman–Crippen MR) is 251 cm³/mol. The number of benzene rings is 10. The van der Waals surface area contributed by atoms with E-state index in [1.54, 1.807) is 0 Å². The topological polar surface area (TPSA) is 3.24 Å². The van der Waals surface area contributed by atoms with Crippen LogP contribution in [0.5, 0.6) is 0 Å². The van der Waals surface area contributed by atoms with E-state index in [9.17, 15) is 5.48 Å². The van der Waals surface area contributed by atoms with Gasteiger partial charge in [-0.1, -0.05) is 212 Å². The molecular formula is C58H41N. The van der Waals surface area contributed by atoms with Gasteiger partial charge in [-0.25, -0.2) is 0 Å². The molecule has 10 rings (SSSR count). The van der Waals surface area contributed by atoms with E-state index < -0.39 is 0 Å². The van der Waals surface area contributed by atoms with Crippen molar-refractivity contribution in [1.82, 2.24) is 0 Å². The molecule has 0 saturated carbocycles. The molecule has 10 aromatic carbocycles. The second-order valence-corrected chi connectivity index (χ2v) is 14.6. The van der Waals surface area contributed by atoms with E-state index in [1.807, 2.05) is 108 Å². The van der Waals surface area contributed by atoms with Crippen molar-refractivity contribution in [2.24, 2.45) is 0 Å². The van der Waals surface area contributed by atoms with E-state index >= 15 is 0 Å². The molecule has 0 aliphatic carbocycles. The summed E-state index contributed by atoms with van der Waals surface area (Å²) in [4.78, 5) is 1.85. The fourth-order valence-corrected chi connectivity index (χ4v) is 7.94. The van der Waals surface area contributed by atoms with Crippen LogP contribution in [0, 0.1) is 0 Å². The highest BCUT2D eigenvalue weighted by molar-refractivity contribution is 6.04. The van der Waals surface area contributed by atoms with Crippen LogP contribution in [0.3, 0.4) is 0 Å². The van der Waals surface area contributed by atoms with Crippen molar-refractivity contribution in [2.45, 2.75) is 0 Å². The van der Waals surface area contributed by atoms with Crippen LogP contribution in [0.25, 0.3) is 77.5 Å². The average Bonchev–Trinajstić information content (AvgIpc) is 3.35. The Labute approximate surface area is 352 Å². The summed E-state index contributed by atoms with van der Waals surface area (Å²) in [5, 5.41) is 2.33. The van der Waals surface area contributed by atoms with E-state index in [1.165, 1.54) is 5.39 Å². The van der Waals surface area contributed by atoms with Crippen LogP contribution in [0.1, 0.15) is 5.48 Å². The highest BCUT2D eigenvalue weighted by atomic mass is 15.1. The summed E-state index contributed by atoms with van der Waals surface area (Å²) in [5.41, 5.74) is 13.3. The summed E-state index contributed by atoms with van der Waals surface area (Å²) in [6, 6.07) is 75.6. The largest absolute Gasteiger partial charge is 0.311 e. The van der Waals surface area contributed by atoms with Crippen LogP contribution in [-0.2, 0) is 0 Å². The van der Waals surface area contributed by atoms with Crippen LogP contribution >= 0.6 is 0 Å². The molecule has 1 heteroatoms. The molecule has 0 aliphatic heterocycles. The minimum atomic E-state index is -0.122. The van der Waals surface area contributed by atoms with Crippen LogP contribution in [0.15, 0.2) is 249 Å². The molecule has 10 aromatic rings. The van der Waals surface area contributed by atoms with E-state index in [4.69, 9.17) is 0 Å². The van der Waals surface area contributed by atoms with Gasteiger partial charge >= 0.3 is 0 Å². The molecule has 0 bridgehead atoms. The lowest BCUT2D eigenvalue weighted by Gasteiger charge is -2.26. The Balaban J connectivity index is 1.08. The minimum Gasteiger partial charge on any atom is -0.311 e. The van der Waals surface area contributed by atoms with E-state index in [0.717, 1.165) is 61.0 Å². The first-order valence-corrected chi connectivity index (χ1v) is 19.9. The monoisotopic (exact) mass is 755 g/mol. The van der Waals surface area contributed by atoms with Gasteiger partial charge in [0, 0.05) is 17.1 Å². The SMILES string of the molecule is [2H]c1c([2H])c(N(c2ccc(-c3ccc(-c4ccccc4)cc3)cc2)c2ccc(-c3ccc4ccccc4c3-c3ccccc3)cc2)c([2H])c([2H])c1-c1ccc(-c2ccccc2)cc1. The lowest BCUT2D eigenvalue weighted by Crippen LogP contribution is -2.09. The smallest absolute Gasteiger partial charge is 0.0645 e. The molecule has 278 valence electrons. The zero-order valence-corrected chi connectivity index (χ0v) is 32.3. The van der Waals surface area contributed by atoms with Gasteiger partial charge in [0.25, 0.3) is 0 Å². The Kier molecular flexibility index (Phi) is 8.51. The molecular weight excluding hydrogens is 711 g/mol. The van der Waals surface area contributed by atoms with Gasteiger partial charge in [0.15, 0.2) is 0 Å². The van der Waals surface area contributed by atoms with Crippen molar-refractivity contribution in [3.05, 3.63) is 249 Å². The fourth-order valence-electron chi connectivity index (χ4n) is 7.94. The van der Waals surface area contributed by atoms with Gasteiger partial charge in [-0.05, 0) is 114 Å². The van der Waals surface area contributed by atoms with Crippen molar-refractivity contribution in [2.75, 3.05) is 4.90 Å². The molecule has 0 saturated heterocycles. The summed E-state index contributed by atoms with van der Waals surface area (Å²) in [6.45, 7) is 0. The maximum Gasteiger partial charge on any atom is 0.0645 e. The van der Waals surface area contributed by atoms with Crippen LogP contribution in [0.2, 0.25) is 0 Å². The summed E-state index contributed by atoms with van der Waals surface area (Å²) >= 11 is 0. The van der Waals surface area contributed by atoms with Gasteiger partial charge in [0.1, 0.15) is 0 Å². The first-order valence-electron chi connectivity index (χ1n) is 21.9. The number of anilines is 3. The molecule has 0 aromatic heterocycles. The Hall–Kier alpha value is -7.74. The molecule has 0 spiro atoms. The third kappa shape index (κ3) is 7.34. The molecule has 0 aliphatic rings. The van der Waals surface area contributed by atoms with Gasteiger partial charge in [0.2, 0.25) is 0 Å². The van der Waals surface area contributed by atoms with Gasteiger partial charge in [0.05, 0.1) is 5.48 Å². The molecule has 0 unspecified atom stereocenters. The Morgan fingerprint density at radius 1 is 0.254 bits per heavy atom. The molecule has 0 fully saturated rings. The standard InChI is InChI=1S/C58H41N/c1-4-12-42(13-5-1)44-20-24-46(25-21-44)48-28-35-53(36-29-48)59(54-37-30-49(31-38-54)47-26-22-45(23-27-47)43-14-6-2-7-15-43)55-39-32-51(33-40-55)57-41-34-50-16-10-11-19-56(50)58(57)52-17-8-3-9-18-52/h1-41H/i28D,29D,35D,36D. The molecule has 0 heterocycles. The molecule has 59 heavy (non-hydrogen) atoms. The first-order chi connectivity index (χ1) is 30.9.